The number of aromatic nitrogens is 2. The van der Waals surface area contributed by atoms with Crippen molar-refractivity contribution < 1.29 is 4.74 Å². The molecule has 2 aromatic heterocycles. The van der Waals surface area contributed by atoms with E-state index in [0.29, 0.717) is 19.8 Å². The van der Waals surface area contributed by atoms with Crippen molar-refractivity contribution in [3.63, 3.8) is 0 Å². The first-order chi connectivity index (χ1) is 8.81. The largest absolute Gasteiger partial charge is 0.379 e. The highest BCUT2D eigenvalue weighted by Gasteiger charge is 2.06. The van der Waals surface area contributed by atoms with Crippen molar-refractivity contribution in [2.75, 3.05) is 25.1 Å². The molecule has 0 saturated carbocycles. The maximum absolute atomic E-state index is 5.86. The van der Waals surface area contributed by atoms with Crippen LogP contribution in [-0.2, 0) is 4.74 Å². The van der Waals surface area contributed by atoms with Crippen LogP contribution in [0.2, 0.25) is 5.28 Å². The Kier molecular flexibility index (Phi) is 4.92. The first-order valence-electron chi connectivity index (χ1n) is 5.64. The smallest absolute Gasteiger partial charge is 0.225 e. The number of ether oxygens (including phenoxy) is 1. The van der Waals surface area contributed by atoms with E-state index in [2.05, 4.69) is 21.9 Å². The Balaban J connectivity index is 1.90. The number of anilines is 1. The Morgan fingerprint density at radius 2 is 2.33 bits per heavy atom. The van der Waals surface area contributed by atoms with Gasteiger partial charge in [-0.3, -0.25) is 0 Å². The minimum Gasteiger partial charge on any atom is -0.379 e. The summed E-state index contributed by atoms with van der Waals surface area (Å²) in [6.45, 7) is 5.65. The van der Waals surface area contributed by atoms with Crippen LogP contribution in [0.5, 0.6) is 0 Å². The zero-order chi connectivity index (χ0) is 12.8. The standard InChI is InChI=1S/C12H14ClN3OS/c1-2-3-6-17-7-5-14-10-9-4-8-18-11(9)16-12(13)15-10/h2,4,8H,1,3,5-7H2,(H,14,15,16). The van der Waals surface area contributed by atoms with E-state index in [1.165, 1.54) is 0 Å². The maximum Gasteiger partial charge on any atom is 0.225 e. The molecule has 0 atom stereocenters. The first kappa shape index (κ1) is 13.3. The van der Waals surface area contributed by atoms with Gasteiger partial charge >= 0.3 is 0 Å². The van der Waals surface area contributed by atoms with Crippen molar-refractivity contribution in [3.8, 4) is 0 Å². The van der Waals surface area contributed by atoms with Crippen molar-refractivity contribution >= 4 is 39.0 Å². The van der Waals surface area contributed by atoms with Gasteiger partial charge in [0.15, 0.2) is 0 Å². The monoisotopic (exact) mass is 283 g/mol. The first-order valence-corrected chi connectivity index (χ1v) is 6.90. The van der Waals surface area contributed by atoms with E-state index in [1.807, 2.05) is 17.5 Å². The minimum atomic E-state index is 0.264. The summed E-state index contributed by atoms with van der Waals surface area (Å²) in [5.41, 5.74) is 0. The summed E-state index contributed by atoms with van der Waals surface area (Å²) in [6.07, 6.45) is 2.71. The van der Waals surface area contributed by atoms with Gasteiger partial charge in [0.1, 0.15) is 10.6 Å². The number of nitrogens with one attached hydrogen (secondary N) is 1. The molecule has 0 aromatic carbocycles. The Bertz CT molecular complexity index is 529. The van der Waals surface area contributed by atoms with Crippen LogP contribution in [0.1, 0.15) is 6.42 Å². The molecule has 96 valence electrons. The van der Waals surface area contributed by atoms with Crippen LogP contribution < -0.4 is 5.32 Å². The molecule has 0 unspecified atom stereocenters. The van der Waals surface area contributed by atoms with Crippen LogP contribution in [0.25, 0.3) is 10.2 Å². The van der Waals surface area contributed by atoms with E-state index in [4.69, 9.17) is 16.3 Å². The normalized spacial score (nSPS) is 10.7. The average Bonchev–Trinajstić information content (AvgIpc) is 2.81. The molecule has 6 heteroatoms. The van der Waals surface area contributed by atoms with Crippen molar-refractivity contribution in [2.45, 2.75) is 6.42 Å². The molecule has 4 nitrogen and oxygen atoms in total. The van der Waals surface area contributed by atoms with Crippen molar-refractivity contribution in [1.29, 1.82) is 0 Å². The summed E-state index contributed by atoms with van der Waals surface area (Å²) in [4.78, 5) is 9.23. The highest BCUT2D eigenvalue weighted by Crippen LogP contribution is 2.26. The molecule has 0 spiro atoms. The van der Waals surface area contributed by atoms with Gasteiger partial charge in [0.2, 0.25) is 5.28 Å². The summed E-state index contributed by atoms with van der Waals surface area (Å²) in [6, 6.07) is 1.98. The number of thiophene rings is 1. The minimum absolute atomic E-state index is 0.264. The van der Waals surface area contributed by atoms with Crippen LogP contribution in [0.4, 0.5) is 5.82 Å². The van der Waals surface area contributed by atoms with E-state index < -0.39 is 0 Å². The Morgan fingerprint density at radius 3 is 3.17 bits per heavy atom. The fourth-order valence-electron chi connectivity index (χ4n) is 1.47. The molecular formula is C12H14ClN3OS. The molecule has 0 bridgehead atoms. The molecule has 0 fully saturated rings. The Labute approximate surface area is 115 Å². The van der Waals surface area contributed by atoms with E-state index in [0.717, 1.165) is 22.5 Å². The third-order valence-electron chi connectivity index (χ3n) is 2.30. The molecule has 18 heavy (non-hydrogen) atoms. The number of rotatable bonds is 7. The molecule has 1 N–H and O–H groups in total. The van der Waals surface area contributed by atoms with Gasteiger partial charge in [-0.1, -0.05) is 6.08 Å². The fraction of sp³-hybridized carbons (Fsp3) is 0.333. The molecule has 2 aromatic rings. The van der Waals surface area contributed by atoms with Gasteiger partial charge in [0, 0.05) is 6.54 Å². The molecule has 2 rings (SSSR count). The molecule has 0 saturated heterocycles. The van der Waals surface area contributed by atoms with Gasteiger partial charge in [0.05, 0.1) is 18.6 Å². The molecule has 0 aliphatic carbocycles. The molecule has 0 radical (unpaired) electrons. The molecule has 0 aliphatic rings. The number of halogens is 1. The zero-order valence-electron chi connectivity index (χ0n) is 9.86. The average molecular weight is 284 g/mol. The topological polar surface area (TPSA) is 47.0 Å². The van der Waals surface area contributed by atoms with Crippen molar-refractivity contribution in [3.05, 3.63) is 29.4 Å². The molecule has 0 amide bonds. The van der Waals surface area contributed by atoms with Crippen molar-refractivity contribution in [2.24, 2.45) is 0 Å². The lowest BCUT2D eigenvalue weighted by molar-refractivity contribution is 0.149. The van der Waals surface area contributed by atoms with Crippen LogP contribution in [0.3, 0.4) is 0 Å². The number of fused-ring (bicyclic) bond motifs is 1. The third kappa shape index (κ3) is 3.41. The lowest BCUT2D eigenvalue weighted by Gasteiger charge is -2.07. The Hall–Kier alpha value is -1.17. The van der Waals surface area contributed by atoms with E-state index in [-0.39, 0.29) is 5.28 Å². The molecule has 0 aliphatic heterocycles. The van der Waals surface area contributed by atoms with Crippen LogP contribution in [0, 0.1) is 0 Å². The highest BCUT2D eigenvalue weighted by atomic mass is 35.5. The second-order valence-electron chi connectivity index (χ2n) is 3.60. The number of nitrogens with zero attached hydrogens (tertiary/aromatic N) is 2. The third-order valence-corrected chi connectivity index (χ3v) is 3.28. The summed E-state index contributed by atoms with van der Waals surface area (Å²) in [5.74, 6) is 0.763. The maximum atomic E-state index is 5.86. The molecular weight excluding hydrogens is 270 g/mol. The van der Waals surface area contributed by atoms with Crippen LogP contribution in [0.15, 0.2) is 24.1 Å². The van der Waals surface area contributed by atoms with E-state index >= 15 is 0 Å². The molecule has 2 heterocycles. The summed E-state index contributed by atoms with van der Waals surface area (Å²) in [7, 11) is 0. The van der Waals surface area contributed by atoms with E-state index in [9.17, 15) is 0 Å². The highest BCUT2D eigenvalue weighted by molar-refractivity contribution is 7.16. The predicted molar refractivity (Wildman–Crippen MR) is 76.5 cm³/mol. The van der Waals surface area contributed by atoms with Crippen LogP contribution in [-0.4, -0.2) is 29.7 Å². The SMILES string of the molecule is C=CCCOCCNc1nc(Cl)nc2sccc12. The lowest BCUT2D eigenvalue weighted by Crippen LogP contribution is -2.11. The number of hydrogen-bond donors (Lipinski definition) is 1. The van der Waals surface area contributed by atoms with Gasteiger partial charge in [-0.2, -0.15) is 0 Å². The van der Waals surface area contributed by atoms with Gasteiger partial charge in [0.25, 0.3) is 0 Å². The van der Waals surface area contributed by atoms with Gasteiger partial charge in [-0.25, -0.2) is 9.97 Å². The van der Waals surface area contributed by atoms with Gasteiger partial charge < -0.3 is 10.1 Å². The van der Waals surface area contributed by atoms with E-state index in [1.54, 1.807) is 11.3 Å². The quantitative estimate of drug-likeness (QED) is 0.481. The zero-order valence-corrected chi connectivity index (χ0v) is 11.4. The lowest BCUT2D eigenvalue weighted by atomic mass is 10.4. The van der Waals surface area contributed by atoms with Gasteiger partial charge in [-0.05, 0) is 29.5 Å². The second kappa shape index (κ2) is 6.68. The second-order valence-corrected chi connectivity index (χ2v) is 4.83. The summed E-state index contributed by atoms with van der Waals surface area (Å²) in [5, 5.41) is 6.45. The number of hydrogen-bond acceptors (Lipinski definition) is 5. The van der Waals surface area contributed by atoms with Gasteiger partial charge in [-0.15, -0.1) is 17.9 Å². The fourth-order valence-corrected chi connectivity index (χ4v) is 2.46. The van der Waals surface area contributed by atoms with Crippen LogP contribution >= 0.6 is 22.9 Å². The predicted octanol–water partition coefficient (Wildman–Crippen LogP) is 3.35. The van der Waals surface area contributed by atoms with Crippen molar-refractivity contribution in [1.82, 2.24) is 9.97 Å². The summed E-state index contributed by atoms with van der Waals surface area (Å²) >= 11 is 7.41. The Morgan fingerprint density at radius 1 is 1.44 bits per heavy atom. The summed E-state index contributed by atoms with van der Waals surface area (Å²) < 4.78 is 5.41.